The minimum atomic E-state index is -4.48. The summed E-state index contributed by atoms with van der Waals surface area (Å²) in [6.45, 7) is -0.329. The zero-order chi connectivity index (χ0) is 15.5. The number of hydrogen-bond donors (Lipinski definition) is 1. The van der Waals surface area contributed by atoms with Crippen LogP contribution in [0.4, 0.5) is 13.2 Å². The van der Waals surface area contributed by atoms with Crippen LogP contribution in [0.3, 0.4) is 0 Å². The third-order valence-electron chi connectivity index (χ3n) is 2.76. The maximum atomic E-state index is 12.6. The summed E-state index contributed by atoms with van der Waals surface area (Å²) in [6.07, 6.45) is -3.16. The van der Waals surface area contributed by atoms with Gasteiger partial charge in [-0.15, -0.1) is 0 Å². The van der Waals surface area contributed by atoms with E-state index in [1.54, 1.807) is 0 Å². The normalized spacial score (nSPS) is 12.9. The lowest BCUT2D eigenvalue weighted by Gasteiger charge is -2.13. The lowest BCUT2D eigenvalue weighted by Crippen LogP contribution is -2.19. The Labute approximate surface area is 117 Å². The number of carbonyl (C=O) groups is 1. The summed E-state index contributed by atoms with van der Waals surface area (Å²) in [5, 5.41) is 9.09. The summed E-state index contributed by atoms with van der Waals surface area (Å²) in [7, 11) is 0. The van der Waals surface area contributed by atoms with Crippen LogP contribution in [0.2, 0.25) is 0 Å². The van der Waals surface area contributed by atoms with Gasteiger partial charge in [0.2, 0.25) is 0 Å². The van der Waals surface area contributed by atoms with Crippen LogP contribution in [0.15, 0.2) is 47.1 Å². The predicted molar refractivity (Wildman–Crippen MR) is 66.0 cm³/mol. The number of carboxylic acids is 1. The molecule has 21 heavy (non-hydrogen) atoms. The van der Waals surface area contributed by atoms with Crippen molar-refractivity contribution >= 4 is 5.97 Å². The Morgan fingerprint density at radius 2 is 2.05 bits per heavy atom. The van der Waals surface area contributed by atoms with Crippen LogP contribution in [-0.4, -0.2) is 17.7 Å². The van der Waals surface area contributed by atoms with Gasteiger partial charge in [-0.1, -0.05) is 6.07 Å². The molecule has 1 aromatic carbocycles. The smallest absolute Gasteiger partial charge is 0.416 e. The molecule has 0 aliphatic heterocycles. The fourth-order valence-corrected chi connectivity index (χ4v) is 1.71. The van der Waals surface area contributed by atoms with Crippen LogP contribution in [0.5, 0.6) is 5.75 Å². The first-order chi connectivity index (χ1) is 9.88. The van der Waals surface area contributed by atoms with Crippen molar-refractivity contribution in [3.05, 3.63) is 54.0 Å². The lowest BCUT2D eigenvalue weighted by molar-refractivity contribution is -0.140. The maximum Gasteiger partial charge on any atom is 0.416 e. The van der Waals surface area contributed by atoms with Gasteiger partial charge in [0.25, 0.3) is 0 Å². The van der Waals surface area contributed by atoms with Gasteiger partial charge >= 0.3 is 12.1 Å². The Bertz CT molecular complexity index is 605. The molecule has 0 bridgehead atoms. The van der Waals surface area contributed by atoms with E-state index < -0.39 is 23.6 Å². The number of hydrogen-bond acceptors (Lipinski definition) is 3. The first kappa shape index (κ1) is 15.0. The molecular formula is C14H11F3O4. The molecule has 2 aromatic rings. The van der Waals surface area contributed by atoms with Crippen molar-refractivity contribution < 1.29 is 32.2 Å². The van der Waals surface area contributed by atoms with Crippen molar-refractivity contribution in [2.24, 2.45) is 0 Å². The van der Waals surface area contributed by atoms with E-state index in [2.05, 4.69) is 0 Å². The highest BCUT2D eigenvalue weighted by atomic mass is 19.4. The molecule has 2 rings (SSSR count). The molecule has 4 nitrogen and oxygen atoms in total. The summed E-state index contributed by atoms with van der Waals surface area (Å²) in [6, 6.07) is 7.25. The first-order valence-corrected chi connectivity index (χ1v) is 5.94. The zero-order valence-corrected chi connectivity index (χ0v) is 10.6. The fraction of sp³-hybridized carbons (Fsp3) is 0.214. The Hall–Kier alpha value is -2.44. The molecular weight excluding hydrogens is 289 g/mol. The van der Waals surface area contributed by atoms with Crippen LogP contribution in [0, 0.1) is 0 Å². The molecule has 0 saturated heterocycles. The quantitative estimate of drug-likeness (QED) is 0.917. The molecule has 0 saturated carbocycles. The topological polar surface area (TPSA) is 59.7 Å². The number of furan rings is 1. The van der Waals surface area contributed by atoms with Crippen molar-refractivity contribution in [2.45, 2.75) is 12.1 Å². The zero-order valence-electron chi connectivity index (χ0n) is 10.6. The van der Waals surface area contributed by atoms with Crippen LogP contribution in [0.1, 0.15) is 17.2 Å². The van der Waals surface area contributed by atoms with Gasteiger partial charge in [-0.25, -0.2) is 0 Å². The molecule has 0 aliphatic carbocycles. The van der Waals surface area contributed by atoms with E-state index in [4.69, 9.17) is 14.3 Å². The van der Waals surface area contributed by atoms with E-state index in [0.29, 0.717) is 0 Å². The molecule has 7 heteroatoms. The number of rotatable bonds is 5. The van der Waals surface area contributed by atoms with Crippen molar-refractivity contribution in [3.63, 3.8) is 0 Å². The predicted octanol–water partition coefficient (Wildman–Crippen LogP) is 3.55. The number of alkyl halides is 3. The number of carboxylic acid groups (broad SMARTS) is 1. The third-order valence-corrected chi connectivity index (χ3v) is 2.76. The van der Waals surface area contributed by atoms with Gasteiger partial charge in [-0.05, 0) is 30.3 Å². The standard InChI is InChI=1S/C14H11F3O4/c15-14(16,17)9-3-1-4-10(7-9)21-8-11(13(18)19)12-5-2-6-20-12/h1-7,11H,8H2,(H,18,19). The number of halogens is 3. The lowest BCUT2D eigenvalue weighted by atomic mass is 10.1. The highest BCUT2D eigenvalue weighted by Crippen LogP contribution is 2.31. The van der Waals surface area contributed by atoms with Crippen LogP contribution < -0.4 is 4.74 Å². The van der Waals surface area contributed by atoms with E-state index in [-0.39, 0.29) is 18.1 Å². The Morgan fingerprint density at radius 3 is 2.62 bits per heavy atom. The SMILES string of the molecule is O=C(O)C(COc1cccc(C(F)(F)F)c1)c1ccco1. The largest absolute Gasteiger partial charge is 0.492 e. The monoisotopic (exact) mass is 300 g/mol. The molecule has 0 amide bonds. The molecule has 0 aliphatic rings. The Morgan fingerprint density at radius 1 is 1.29 bits per heavy atom. The van der Waals surface area contributed by atoms with Crippen molar-refractivity contribution in [2.75, 3.05) is 6.61 Å². The highest BCUT2D eigenvalue weighted by Gasteiger charge is 2.31. The van der Waals surface area contributed by atoms with Crippen molar-refractivity contribution in [1.29, 1.82) is 0 Å². The molecule has 1 aromatic heterocycles. The molecule has 0 spiro atoms. The van der Waals surface area contributed by atoms with E-state index >= 15 is 0 Å². The average molecular weight is 300 g/mol. The van der Waals surface area contributed by atoms with Crippen LogP contribution in [-0.2, 0) is 11.0 Å². The Kier molecular flexibility index (Phi) is 4.21. The average Bonchev–Trinajstić information content (AvgIpc) is 2.92. The summed E-state index contributed by atoms with van der Waals surface area (Å²) >= 11 is 0. The first-order valence-electron chi connectivity index (χ1n) is 5.94. The van der Waals surface area contributed by atoms with Gasteiger partial charge in [-0.2, -0.15) is 13.2 Å². The summed E-state index contributed by atoms with van der Waals surface area (Å²) in [5.41, 5.74) is -0.857. The molecule has 1 atom stereocenters. The molecule has 1 N–H and O–H groups in total. The Balaban J connectivity index is 2.10. The summed E-state index contributed by atoms with van der Waals surface area (Å²) in [4.78, 5) is 11.1. The van der Waals surface area contributed by atoms with Crippen molar-refractivity contribution in [3.8, 4) is 5.75 Å². The van der Waals surface area contributed by atoms with E-state index in [0.717, 1.165) is 12.1 Å². The molecule has 0 fully saturated rings. The number of benzene rings is 1. The second kappa shape index (κ2) is 5.90. The second-order valence-electron chi connectivity index (χ2n) is 4.24. The summed E-state index contributed by atoms with van der Waals surface area (Å²) in [5.74, 6) is -2.15. The van der Waals surface area contributed by atoms with Crippen LogP contribution in [0.25, 0.3) is 0 Å². The molecule has 112 valence electrons. The van der Waals surface area contributed by atoms with E-state index in [1.165, 1.54) is 30.5 Å². The van der Waals surface area contributed by atoms with Gasteiger partial charge in [0.05, 0.1) is 11.8 Å². The molecule has 1 unspecified atom stereocenters. The van der Waals surface area contributed by atoms with Gasteiger partial charge in [0, 0.05) is 0 Å². The van der Waals surface area contributed by atoms with Gasteiger partial charge < -0.3 is 14.3 Å². The number of ether oxygens (including phenoxy) is 1. The third kappa shape index (κ3) is 3.77. The summed E-state index contributed by atoms with van der Waals surface area (Å²) < 4.78 is 47.8. The van der Waals surface area contributed by atoms with Gasteiger partial charge in [-0.3, -0.25) is 4.79 Å². The second-order valence-corrected chi connectivity index (χ2v) is 4.24. The van der Waals surface area contributed by atoms with Gasteiger partial charge in [0.1, 0.15) is 24.0 Å². The van der Waals surface area contributed by atoms with Crippen molar-refractivity contribution in [1.82, 2.24) is 0 Å². The van der Waals surface area contributed by atoms with E-state index in [1.807, 2.05) is 0 Å². The molecule has 0 radical (unpaired) electrons. The molecule has 1 heterocycles. The van der Waals surface area contributed by atoms with Gasteiger partial charge in [0.15, 0.2) is 0 Å². The number of aliphatic carboxylic acids is 1. The van der Waals surface area contributed by atoms with E-state index in [9.17, 15) is 18.0 Å². The minimum Gasteiger partial charge on any atom is -0.492 e. The van der Waals surface area contributed by atoms with Crippen LogP contribution >= 0.6 is 0 Å². The minimum absolute atomic E-state index is 0.0531. The highest BCUT2D eigenvalue weighted by molar-refractivity contribution is 5.75. The maximum absolute atomic E-state index is 12.6. The fourth-order valence-electron chi connectivity index (χ4n) is 1.71.